The van der Waals surface area contributed by atoms with Crippen molar-refractivity contribution >= 4 is 23.1 Å². The summed E-state index contributed by atoms with van der Waals surface area (Å²) < 4.78 is 36.2. The highest BCUT2D eigenvalue weighted by atomic mass is 19.3. The molecule has 0 radical (unpaired) electrons. The number of aliphatic hydroxyl groups is 1. The number of anilines is 1. The Hall–Kier alpha value is -3.02. The fraction of sp³-hybridized carbons (Fsp3) is 0.619. The van der Waals surface area contributed by atoms with Crippen LogP contribution in [0.5, 0.6) is 5.75 Å². The highest BCUT2D eigenvalue weighted by Crippen LogP contribution is 2.40. The molecule has 2 fully saturated rings. The lowest BCUT2D eigenvalue weighted by atomic mass is 10.00. The first kappa shape index (κ1) is 23.1. The Balaban J connectivity index is 1.67. The Bertz CT molecular complexity index is 1080. The number of nitrogens with one attached hydrogen (secondary N) is 1. The van der Waals surface area contributed by atoms with E-state index < -0.39 is 29.6 Å². The number of halogens is 2. The Kier molecular flexibility index (Phi) is 6.37. The SMILES string of the molecule is COC(=O)N1CCC(Nc2ncc3cc(OC(F)F)c(=O)n([C@@H]4CCC[C@@]4(C)O)c3n2)CC1. The number of likely N-dealkylation sites (tertiary alicyclic amines) is 1. The molecule has 1 aliphatic carbocycles. The molecule has 12 heteroatoms. The Morgan fingerprint density at radius 1 is 1.33 bits per heavy atom. The number of piperidine rings is 1. The molecule has 0 aromatic carbocycles. The van der Waals surface area contributed by atoms with E-state index in [1.54, 1.807) is 11.8 Å². The Morgan fingerprint density at radius 3 is 2.67 bits per heavy atom. The second-order valence-corrected chi connectivity index (χ2v) is 8.68. The minimum absolute atomic E-state index is 0.000411. The van der Waals surface area contributed by atoms with Crippen molar-refractivity contribution in [1.29, 1.82) is 0 Å². The van der Waals surface area contributed by atoms with Gasteiger partial charge in [0.05, 0.1) is 18.8 Å². The van der Waals surface area contributed by atoms with Gasteiger partial charge < -0.3 is 24.8 Å². The molecule has 2 atom stereocenters. The average Bonchev–Trinajstić information content (AvgIpc) is 3.13. The van der Waals surface area contributed by atoms with Crippen LogP contribution >= 0.6 is 0 Å². The number of rotatable bonds is 5. The van der Waals surface area contributed by atoms with Gasteiger partial charge in [0.2, 0.25) is 5.95 Å². The van der Waals surface area contributed by atoms with Gasteiger partial charge in [0.1, 0.15) is 5.65 Å². The average molecular weight is 467 g/mol. The van der Waals surface area contributed by atoms with E-state index in [4.69, 9.17) is 4.74 Å². The normalized spacial score (nSPS) is 23.8. The molecule has 2 aromatic rings. The number of fused-ring (bicyclic) bond motifs is 1. The number of aromatic nitrogens is 3. The Morgan fingerprint density at radius 2 is 2.06 bits per heavy atom. The van der Waals surface area contributed by atoms with Crippen molar-refractivity contribution in [2.75, 3.05) is 25.5 Å². The van der Waals surface area contributed by atoms with Crippen LogP contribution in [0.25, 0.3) is 11.0 Å². The van der Waals surface area contributed by atoms with E-state index in [9.17, 15) is 23.5 Å². The molecule has 1 amide bonds. The van der Waals surface area contributed by atoms with Crippen LogP contribution in [0.2, 0.25) is 0 Å². The van der Waals surface area contributed by atoms with Crippen LogP contribution in [0, 0.1) is 0 Å². The maximum Gasteiger partial charge on any atom is 0.409 e. The van der Waals surface area contributed by atoms with Gasteiger partial charge in [0.25, 0.3) is 5.56 Å². The number of pyridine rings is 1. The number of carbonyl (C=O) groups excluding carboxylic acids is 1. The van der Waals surface area contributed by atoms with Crippen molar-refractivity contribution in [2.24, 2.45) is 0 Å². The van der Waals surface area contributed by atoms with Gasteiger partial charge in [-0.1, -0.05) is 0 Å². The molecule has 33 heavy (non-hydrogen) atoms. The molecule has 2 aliphatic rings. The molecule has 0 unspecified atom stereocenters. The van der Waals surface area contributed by atoms with E-state index in [1.165, 1.54) is 23.9 Å². The summed E-state index contributed by atoms with van der Waals surface area (Å²) in [7, 11) is 1.34. The molecule has 3 heterocycles. The molecular formula is C21H27F2N5O5. The first-order chi connectivity index (χ1) is 15.7. The standard InChI is InChI=1S/C21H27F2N5O5/c1-21(31)7-3-4-15(21)28-16-12(10-14(17(28)29)33-18(22)23)11-24-19(26-16)25-13-5-8-27(9-6-13)20(30)32-2/h10-11,13,15,18,31H,3-9H2,1-2H3,(H,24,25,26)/t15-,21-/m1/s1. The summed E-state index contributed by atoms with van der Waals surface area (Å²) in [6.07, 6.45) is 4.03. The number of amides is 1. The fourth-order valence-corrected chi connectivity index (χ4v) is 4.69. The largest absolute Gasteiger partial charge is 0.453 e. The van der Waals surface area contributed by atoms with Gasteiger partial charge in [0.15, 0.2) is 5.75 Å². The molecule has 0 spiro atoms. The lowest BCUT2D eigenvalue weighted by Gasteiger charge is -2.31. The third kappa shape index (κ3) is 4.70. The van der Waals surface area contributed by atoms with Gasteiger partial charge in [-0.2, -0.15) is 13.8 Å². The number of hydrogen-bond donors (Lipinski definition) is 2. The number of hydrogen-bond acceptors (Lipinski definition) is 8. The van der Waals surface area contributed by atoms with E-state index in [0.717, 1.165) is 0 Å². The summed E-state index contributed by atoms with van der Waals surface area (Å²) in [5, 5.41) is 14.4. The lowest BCUT2D eigenvalue weighted by Crippen LogP contribution is -2.42. The van der Waals surface area contributed by atoms with Gasteiger partial charge >= 0.3 is 12.7 Å². The number of nitrogens with zero attached hydrogens (tertiary/aromatic N) is 4. The van der Waals surface area contributed by atoms with Crippen LogP contribution < -0.4 is 15.6 Å². The van der Waals surface area contributed by atoms with Gasteiger partial charge in [0, 0.05) is 30.7 Å². The second kappa shape index (κ2) is 9.08. The van der Waals surface area contributed by atoms with Crippen molar-refractivity contribution in [1.82, 2.24) is 19.4 Å². The van der Waals surface area contributed by atoms with Crippen molar-refractivity contribution in [3.63, 3.8) is 0 Å². The van der Waals surface area contributed by atoms with E-state index in [0.29, 0.717) is 50.6 Å². The highest BCUT2D eigenvalue weighted by molar-refractivity contribution is 5.77. The lowest BCUT2D eigenvalue weighted by molar-refractivity contribution is -0.0513. The minimum Gasteiger partial charge on any atom is -0.453 e. The van der Waals surface area contributed by atoms with E-state index in [-0.39, 0.29) is 23.7 Å². The van der Waals surface area contributed by atoms with Crippen LogP contribution in [0.1, 0.15) is 45.1 Å². The van der Waals surface area contributed by atoms with Crippen LogP contribution in [-0.4, -0.2) is 69.1 Å². The number of alkyl halides is 2. The summed E-state index contributed by atoms with van der Waals surface area (Å²) in [6.45, 7) is -0.506. The summed E-state index contributed by atoms with van der Waals surface area (Å²) in [6, 6.07) is 0.558. The molecule has 4 rings (SSSR count). The zero-order valence-electron chi connectivity index (χ0n) is 18.5. The number of methoxy groups -OCH3 is 1. The molecule has 1 saturated heterocycles. The number of ether oxygens (including phenoxy) is 2. The topological polar surface area (TPSA) is 119 Å². The smallest absolute Gasteiger partial charge is 0.409 e. The third-order valence-electron chi connectivity index (χ3n) is 6.41. The first-order valence-electron chi connectivity index (χ1n) is 10.9. The maximum atomic E-state index is 13.1. The van der Waals surface area contributed by atoms with Gasteiger partial charge in [-0.25, -0.2) is 9.78 Å². The molecule has 10 nitrogen and oxygen atoms in total. The van der Waals surface area contributed by atoms with Crippen LogP contribution in [-0.2, 0) is 4.74 Å². The molecule has 2 N–H and O–H groups in total. The maximum absolute atomic E-state index is 13.1. The Labute approximate surface area is 188 Å². The van der Waals surface area contributed by atoms with Crippen molar-refractivity contribution in [2.45, 2.75) is 63.3 Å². The van der Waals surface area contributed by atoms with Gasteiger partial charge in [-0.15, -0.1) is 0 Å². The summed E-state index contributed by atoms with van der Waals surface area (Å²) in [4.78, 5) is 35.2. The number of carbonyl (C=O) groups is 1. The summed E-state index contributed by atoms with van der Waals surface area (Å²) in [5.41, 5.74) is -1.73. The highest BCUT2D eigenvalue weighted by Gasteiger charge is 2.40. The zero-order chi connectivity index (χ0) is 23.8. The van der Waals surface area contributed by atoms with E-state index >= 15 is 0 Å². The molecule has 1 aliphatic heterocycles. The third-order valence-corrected chi connectivity index (χ3v) is 6.41. The quantitative estimate of drug-likeness (QED) is 0.689. The van der Waals surface area contributed by atoms with E-state index in [2.05, 4.69) is 20.0 Å². The van der Waals surface area contributed by atoms with Crippen LogP contribution in [0.4, 0.5) is 19.5 Å². The van der Waals surface area contributed by atoms with Gasteiger partial charge in [-0.05, 0) is 45.1 Å². The van der Waals surface area contributed by atoms with Crippen molar-refractivity contribution < 1.29 is 28.2 Å². The van der Waals surface area contributed by atoms with Crippen molar-refractivity contribution in [3.05, 3.63) is 22.6 Å². The zero-order valence-corrected chi connectivity index (χ0v) is 18.5. The predicted molar refractivity (Wildman–Crippen MR) is 115 cm³/mol. The molecule has 1 saturated carbocycles. The fourth-order valence-electron chi connectivity index (χ4n) is 4.69. The van der Waals surface area contributed by atoms with Crippen LogP contribution in [0.15, 0.2) is 17.1 Å². The molecule has 180 valence electrons. The summed E-state index contributed by atoms with van der Waals surface area (Å²) in [5.74, 6) is -0.243. The minimum atomic E-state index is -3.16. The molecule has 2 aromatic heterocycles. The van der Waals surface area contributed by atoms with Crippen molar-refractivity contribution in [3.8, 4) is 5.75 Å². The first-order valence-corrected chi connectivity index (χ1v) is 10.9. The van der Waals surface area contributed by atoms with E-state index in [1.807, 2.05) is 0 Å². The molecule has 0 bridgehead atoms. The van der Waals surface area contributed by atoms with Gasteiger partial charge in [-0.3, -0.25) is 9.36 Å². The van der Waals surface area contributed by atoms with Crippen LogP contribution in [0.3, 0.4) is 0 Å². The predicted octanol–water partition coefficient (Wildman–Crippen LogP) is 2.51. The summed E-state index contributed by atoms with van der Waals surface area (Å²) >= 11 is 0. The monoisotopic (exact) mass is 467 g/mol. The molecular weight excluding hydrogens is 440 g/mol. The second-order valence-electron chi connectivity index (χ2n) is 8.68.